The number of rotatable bonds is 16. The Hall–Kier alpha value is -3.99. The maximum absolute atomic E-state index is 14.9. The monoisotopic (exact) mass is 719 g/mol. The topological polar surface area (TPSA) is 117 Å². The van der Waals surface area contributed by atoms with E-state index in [0.29, 0.717) is 42.0 Å². The molecule has 5 rings (SSSR count). The Kier molecular flexibility index (Phi) is 12.1. The Bertz CT molecular complexity index is 1620. The molecule has 51 heavy (non-hydrogen) atoms. The number of halogens is 1. The molecule has 2 aromatic carbocycles. The fourth-order valence-corrected chi connectivity index (χ4v) is 8.43. The molecule has 9 atom stereocenters. The number of esters is 1. The van der Waals surface area contributed by atoms with Gasteiger partial charge in [0.05, 0.1) is 47.3 Å². The first-order valence-corrected chi connectivity index (χ1v) is 18.2. The van der Waals surface area contributed by atoms with Crippen molar-refractivity contribution in [1.82, 2.24) is 9.80 Å². The van der Waals surface area contributed by atoms with Crippen molar-refractivity contribution < 1.29 is 33.8 Å². The van der Waals surface area contributed by atoms with Gasteiger partial charge in [-0.25, -0.2) is 0 Å². The summed E-state index contributed by atoms with van der Waals surface area (Å²) in [6, 6.07) is 13.8. The third-order valence-electron chi connectivity index (χ3n) is 11.2. The lowest BCUT2D eigenvalue weighted by Crippen LogP contribution is -2.60. The first kappa shape index (κ1) is 38.2. The number of hydrogen-bond acceptors (Lipinski definition) is 7. The molecule has 1 spiro atoms. The smallest absolute Gasteiger partial charge is 0.313 e. The quantitative estimate of drug-likeness (QED) is 0.174. The predicted molar refractivity (Wildman–Crippen MR) is 196 cm³/mol. The van der Waals surface area contributed by atoms with Gasteiger partial charge >= 0.3 is 5.97 Å². The van der Waals surface area contributed by atoms with E-state index in [9.17, 15) is 24.3 Å². The number of carbonyl (C=O) groups is 4. The van der Waals surface area contributed by atoms with Gasteiger partial charge in [-0.3, -0.25) is 19.2 Å². The molecule has 1 N–H and O–H groups in total. The summed E-state index contributed by atoms with van der Waals surface area (Å²) in [5.41, 5.74) is -0.185. The van der Waals surface area contributed by atoms with Crippen LogP contribution in [-0.2, 0) is 28.7 Å². The summed E-state index contributed by atoms with van der Waals surface area (Å²) >= 11 is 6.61. The van der Waals surface area contributed by atoms with Crippen LogP contribution in [0.2, 0.25) is 5.02 Å². The number of aliphatic hydroxyl groups is 1. The number of nitrogens with zero attached hydrogens (tertiary/aromatic N) is 3. The molecule has 2 aromatic rings. The normalized spacial score (nSPS) is 25.8. The van der Waals surface area contributed by atoms with Gasteiger partial charge in [-0.1, -0.05) is 86.5 Å². The minimum atomic E-state index is -1.34. The van der Waals surface area contributed by atoms with Crippen LogP contribution in [0.15, 0.2) is 79.9 Å². The van der Waals surface area contributed by atoms with Crippen molar-refractivity contribution in [1.29, 1.82) is 0 Å². The minimum absolute atomic E-state index is 0.111. The van der Waals surface area contributed by atoms with Crippen molar-refractivity contribution in [3.05, 3.63) is 90.5 Å². The lowest BCUT2D eigenvalue weighted by molar-refractivity contribution is -0.165. The van der Waals surface area contributed by atoms with Crippen molar-refractivity contribution >= 4 is 41.0 Å². The number of fused-ring (bicyclic) bond motifs is 1. The fraction of sp³-hybridized carbons (Fsp3) is 0.500. The first-order chi connectivity index (χ1) is 24.5. The maximum atomic E-state index is 14.9. The molecule has 0 aromatic heterocycles. The minimum Gasteiger partial charge on any atom is -0.455 e. The first-order valence-electron chi connectivity index (χ1n) is 17.9. The number of likely N-dealkylation sites (tertiary alicyclic amines) is 1. The lowest BCUT2D eigenvalue weighted by atomic mass is 9.70. The Morgan fingerprint density at radius 3 is 2.43 bits per heavy atom. The summed E-state index contributed by atoms with van der Waals surface area (Å²) in [7, 11) is 1.68. The number of anilines is 1. The third kappa shape index (κ3) is 6.98. The maximum Gasteiger partial charge on any atom is 0.313 e. The van der Waals surface area contributed by atoms with Gasteiger partial charge in [0.2, 0.25) is 11.8 Å². The van der Waals surface area contributed by atoms with Gasteiger partial charge in [0.25, 0.3) is 5.91 Å². The van der Waals surface area contributed by atoms with Crippen molar-refractivity contribution in [2.75, 3.05) is 25.1 Å². The second-order valence-electron chi connectivity index (χ2n) is 14.0. The number of benzene rings is 2. The van der Waals surface area contributed by atoms with E-state index in [4.69, 9.17) is 21.1 Å². The van der Waals surface area contributed by atoms with Crippen LogP contribution in [0.5, 0.6) is 0 Å². The van der Waals surface area contributed by atoms with Gasteiger partial charge in [0.1, 0.15) is 17.7 Å². The number of aliphatic hydroxyl groups excluding tert-OH is 1. The number of hydrogen-bond donors (Lipinski definition) is 1. The highest BCUT2D eigenvalue weighted by Crippen LogP contribution is 2.60. The highest BCUT2D eigenvalue weighted by Gasteiger charge is 2.76. The number of amides is 3. The largest absolute Gasteiger partial charge is 0.455 e. The van der Waals surface area contributed by atoms with Crippen LogP contribution >= 0.6 is 11.6 Å². The number of allylic oxidation sites excluding steroid dienone is 1. The van der Waals surface area contributed by atoms with Crippen LogP contribution in [0, 0.1) is 17.8 Å². The summed E-state index contributed by atoms with van der Waals surface area (Å²) < 4.78 is 13.0. The Labute approximate surface area is 306 Å². The number of likely N-dealkylation sites (N-methyl/N-ethyl adjacent to an activating group) is 1. The number of carbonyl (C=O) groups excluding carboxylic acids is 4. The second kappa shape index (κ2) is 16.1. The molecule has 0 unspecified atom stereocenters. The molecule has 3 fully saturated rings. The van der Waals surface area contributed by atoms with Gasteiger partial charge in [-0.2, -0.15) is 0 Å². The van der Waals surface area contributed by atoms with Crippen LogP contribution < -0.4 is 4.90 Å². The van der Waals surface area contributed by atoms with Crippen LogP contribution in [-0.4, -0.2) is 88.6 Å². The molecule has 3 aliphatic heterocycles. The second-order valence-corrected chi connectivity index (χ2v) is 14.4. The van der Waals surface area contributed by atoms with Gasteiger partial charge < -0.3 is 29.3 Å². The summed E-state index contributed by atoms with van der Waals surface area (Å²) in [5.74, 6) is -3.78. The van der Waals surface area contributed by atoms with E-state index in [1.54, 1.807) is 48.4 Å². The van der Waals surface area contributed by atoms with E-state index in [-0.39, 0.29) is 31.4 Å². The molecule has 3 amide bonds. The molecule has 0 aliphatic carbocycles. The number of ether oxygens (including phenoxy) is 2. The van der Waals surface area contributed by atoms with Crippen LogP contribution in [0.25, 0.3) is 0 Å². The summed E-state index contributed by atoms with van der Waals surface area (Å²) in [4.78, 5) is 61.9. The molecule has 11 heteroatoms. The summed E-state index contributed by atoms with van der Waals surface area (Å²) in [6.45, 7) is 13.0. The molecule has 0 radical (unpaired) electrons. The van der Waals surface area contributed by atoms with Crippen LogP contribution in [0.1, 0.15) is 64.5 Å². The Morgan fingerprint density at radius 2 is 1.80 bits per heavy atom. The zero-order valence-electron chi connectivity index (χ0n) is 29.9. The lowest BCUT2D eigenvalue weighted by Gasteiger charge is -2.41. The average molecular weight is 720 g/mol. The summed E-state index contributed by atoms with van der Waals surface area (Å²) in [6.07, 6.45) is 4.00. The van der Waals surface area contributed by atoms with Crippen molar-refractivity contribution in [3.8, 4) is 0 Å². The third-order valence-corrected chi connectivity index (χ3v) is 11.5. The van der Waals surface area contributed by atoms with Crippen molar-refractivity contribution in [3.63, 3.8) is 0 Å². The van der Waals surface area contributed by atoms with E-state index in [1.165, 1.54) is 9.80 Å². The van der Waals surface area contributed by atoms with Gasteiger partial charge in [0, 0.05) is 20.0 Å². The van der Waals surface area contributed by atoms with E-state index in [1.807, 2.05) is 51.1 Å². The van der Waals surface area contributed by atoms with E-state index in [2.05, 4.69) is 13.2 Å². The Morgan fingerprint density at radius 1 is 1.12 bits per heavy atom. The van der Waals surface area contributed by atoms with E-state index < -0.39 is 65.6 Å². The standard InChI is InChI=1S/C40H50ClN3O7/c1-7-10-20-32(46)42(6)26(5)35(27-16-12-11-13-17-27)50-39(49)33-31-21-22-40(51-31)34(33)37(47)44(30(24-45)25(4)9-3)36(40)38(48)43(23-8-2)29-19-15-14-18-28(29)41/h7-8,11-19,25-26,30-31,33-36,45H,1-2,9-10,20-24H2,3-6H3/t25-,26+,30-,31+,33-,34-,35-,36+,40-/m0/s1. The predicted octanol–water partition coefficient (Wildman–Crippen LogP) is 5.74. The molecule has 2 bridgehead atoms. The molecular weight excluding hydrogens is 670 g/mol. The SMILES string of the molecule is C=CCCC(=O)N(C)[C@H](C)[C@H](OC(=O)[C@@H]1[C@H]2C(=O)N([C@@H](CO)[C@@H](C)CC)[C@H](C(=O)N(CC=C)c3ccccc3Cl)[C@]23CC[C@H]1O3)c1ccccc1. The van der Waals surface area contributed by atoms with Gasteiger partial charge in [-0.05, 0) is 49.8 Å². The highest BCUT2D eigenvalue weighted by molar-refractivity contribution is 6.34. The average Bonchev–Trinajstić information content (AvgIpc) is 3.79. The molecule has 274 valence electrons. The Balaban J connectivity index is 1.55. The molecule has 10 nitrogen and oxygen atoms in total. The fourth-order valence-electron chi connectivity index (χ4n) is 8.19. The molecule has 3 heterocycles. The zero-order chi connectivity index (χ0) is 37.0. The molecular formula is C40H50ClN3O7. The van der Waals surface area contributed by atoms with Gasteiger partial charge in [0.15, 0.2) is 0 Å². The van der Waals surface area contributed by atoms with Crippen LogP contribution in [0.3, 0.4) is 0 Å². The van der Waals surface area contributed by atoms with E-state index in [0.717, 1.165) is 0 Å². The molecule has 3 aliphatic rings. The number of para-hydroxylation sites is 1. The van der Waals surface area contributed by atoms with E-state index >= 15 is 0 Å². The molecule has 0 saturated carbocycles. The highest BCUT2D eigenvalue weighted by atomic mass is 35.5. The van der Waals surface area contributed by atoms with Gasteiger partial charge in [-0.15, -0.1) is 13.2 Å². The zero-order valence-corrected chi connectivity index (χ0v) is 30.7. The van der Waals surface area contributed by atoms with Crippen LogP contribution in [0.4, 0.5) is 5.69 Å². The molecule has 3 saturated heterocycles. The van der Waals surface area contributed by atoms with Crippen molar-refractivity contribution in [2.24, 2.45) is 17.8 Å². The summed E-state index contributed by atoms with van der Waals surface area (Å²) in [5, 5.41) is 11.1. The van der Waals surface area contributed by atoms with Crippen molar-refractivity contribution in [2.45, 2.75) is 88.8 Å².